The maximum Gasteiger partial charge on any atom is 0.243 e. The lowest BCUT2D eigenvalue weighted by molar-refractivity contribution is -0.127. The lowest BCUT2D eigenvalue weighted by Gasteiger charge is -2.35. The van der Waals surface area contributed by atoms with Gasteiger partial charge < -0.3 is 25.0 Å². The van der Waals surface area contributed by atoms with E-state index < -0.39 is 0 Å². The van der Waals surface area contributed by atoms with Gasteiger partial charge in [0.05, 0.1) is 12.2 Å². The van der Waals surface area contributed by atoms with Gasteiger partial charge in [0.15, 0.2) is 5.96 Å². The van der Waals surface area contributed by atoms with Crippen LogP contribution in [0, 0.1) is 5.92 Å². The van der Waals surface area contributed by atoms with Crippen LogP contribution in [0.15, 0.2) is 4.99 Å². The molecule has 7 heteroatoms. The van der Waals surface area contributed by atoms with Crippen molar-refractivity contribution in [2.45, 2.75) is 77.0 Å². The van der Waals surface area contributed by atoms with Crippen molar-refractivity contribution in [2.24, 2.45) is 10.9 Å². The Kier molecular flexibility index (Phi) is 10.1. The van der Waals surface area contributed by atoms with Gasteiger partial charge in [0.25, 0.3) is 0 Å². The summed E-state index contributed by atoms with van der Waals surface area (Å²) in [7, 11) is 3.51. The van der Waals surface area contributed by atoms with Gasteiger partial charge in [-0.25, -0.2) is 4.99 Å². The average Bonchev–Trinajstić information content (AvgIpc) is 2.71. The van der Waals surface area contributed by atoms with Crippen molar-refractivity contribution in [3.63, 3.8) is 0 Å². The molecular formula is C21H40N4O3. The smallest absolute Gasteiger partial charge is 0.243 e. The highest BCUT2D eigenvalue weighted by Crippen LogP contribution is 2.25. The molecule has 162 valence electrons. The van der Waals surface area contributed by atoms with Crippen LogP contribution < -0.4 is 10.6 Å². The van der Waals surface area contributed by atoms with E-state index in [1.54, 1.807) is 19.0 Å². The molecule has 0 bridgehead atoms. The Labute approximate surface area is 170 Å². The largest absolute Gasteiger partial charge is 0.378 e. The molecule has 2 heterocycles. The highest BCUT2D eigenvalue weighted by Gasteiger charge is 2.28. The summed E-state index contributed by atoms with van der Waals surface area (Å²) in [5, 5.41) is 6.96. The molecule has 2 N–H and O–H groups in total. The Morgan fingerprint density at radius 1 is 1.14 bits per heavy atom. The Morgan fingerprint density at radius 2 is 1.93 bits per heavy atom. The minimum absolute atomic E-state index is 0.00287. The number of hydrogen-bond acceptors (Lipinski definition) is 4. The van der Waals surface area contributed by atoms with Crippen molar-refractivity contribution in [3.05, 3.63) is 0 Å². The van der Waals surface area contributed by atoms with E-state index >= 15 is 0 Å². The fourth-order valence-corrected chi connectivity index (χ4v) is 3.92. The molecule has 7 nitrogen and oxygen atoms in total. The third-order valence-corrected chi connectivity index (χ3v) is 5.87. The van der Waals surface area contributed by atoms with E-state index in [9.17, 15) is 4.79 Å². The second kappa shape index (κ2) is 12.3. The molecule has 2 saturated heterocycles. The average molecular weight is 397 g/mol. The maximum absolute atomic E-state index is 12.0. The van der Waals surface area contributed by atoms with Gasteiger partial charge in [-0.2, -0.15) is 0 Å². The normalized spacial score (nSPS) is 26.2. The number of nitrogens with one attached hydrogen (secondary N) is 2. The summed E-state index contributed by atoms with van der Waals surface area (Å²) in [6.45, 7) is 6.95. The fourth-order valence-electron chi connectivity index (χ4n) is 3.92. The van der Waals surface area contributed by atoms with Crippen LogP contribution in [-0.4, -0.2) is 75.4 Å². The Balaban J connectivity index is 1.94. The standard InChI is InChI=1S/C21H40N4O3/c1-5-16(6-2)19-13-17(10-12-28-19)24-21(23-15-20(26)25(3)4)22-14-18-9-7-8-11-27-18/h16-19H,5-15H2,1-4H3,(H2,22,23,24). The molecule has 3 unspecified atom stereocenters. The van der Waals surface area contributed by atoms with E-state index in [4.69, 9.17) is 9.47 Å². The van der Waals surface area contributed by atoms with Crippen molar-refractivity contribution < 1.29 is 14.3 Å². The predicted molar refractivity (Wildman–Crippen MR) is 113 cm³/mol. The van der Waals surface area contributed by atoms with Crippen LogP contribution in [-0.2, 0) is 14.3 Å². The number of carbonyl (C=O) groups is 1. The van der Waals surface area contributed by atoms with Gasteiger partial charge >= 0.3 is 0 Å². The topological polar surface area (TPSA) is 75.2 Å². The van der Waals surface area contributed by atoms with Gasteiger partial charge in [-0.3, -0.25) is 4.79 Å². The van der Waals surface area contributed by atoms with E-state index in [1.807, 2.05) is 0 Å². The van der Waals surface area contributed by atoms with Crippen molar-refractivity contribution >= 4 is 11.9 Å². The zero-order chi connectivity index (χ0) is 20.4. The van der Waals surface area contributed by atoms with Crippen LogP contribution in [0.1, 0.15) is 58.8 Å². The lowest BCUT2D eigenvalue weighted by Crippen LogP contribution is -2.50. The van der Waals surface area contributed by atoms with Crippen LogP contribution in [0.2, 0.25) is 0 Å². The lowest BCUT2D eigenvalue weighted by atomic mass is 9.89. The Hall–Kier alpha value is -1.34. The Bertz CT molecular complexity index is 488. The molecule has 1 amide bonds. The summed E-state index contributed by atoms with van der Waals surface area (Å²) in [6, 6.07) is 0.312. The number of aliphatic imine (C=N–C) groups is 1. The molecule has 2 aliphatic heterocycles. The third kappa shape index (κ3) is 7.59. The van der Waals surface area contributed by atoms with E-state index in [2.05, 4.69) is 29.5 Å². The fraction of sp³-hybridized carbons (Fsp3) is 0.905. The third-order valence-electron chi connectivity index (χ3n) is 5.87. The zero-order valence-corrected chi connectivity index (χ0v) is 18.2. The quantitative estimate of drug-likeness (QED) is 0.486. The number of amides is 1. The molecule has 0 saturated carbocycles. The first kappa shape index (κ1) is 22.9. The van der Waals surface area contributed by atoms with Gasteiger partial charge in [-0.15, -0.1) is 0 Å². The molecule has 0 aromatic rings. The number of rotatable bonds is 8. The summed E-state index contributed by atoms with van der Waals surface area (Å²) >= 11 is 0. The van der Waals surface area contributed by atoms with Crippen molar-refractivity contribution in [1.82, 2.24) is 15.5 Å². The van der Waals surface area contributed by atoms with Crippen molar-refractivity contribution in [2.75, 3.05) is 40.4 Å². The molecule has 0 aromatic heterocycles. The van der Waals surface area contributed by atoms with Gasteiger partial charge in [0.1, 0.15) is 6.54 Å². The van der Waals surface area contributed by atoms with Crippen LogP contribution in [0.4, 0.5) is 0 Å². The number of nitrogens with zero attached hydrogens (tertiary/aromatic N) is 2. The number of likely N-dealkylation sites (N-methyl/N-ethyl adjacent to an activating group) is 1. The molecular weight excluding hydrogens is 356 g/mol. The minimum atomic E-state index is -0.00287. The first-order chi connectivity index (χ1) is 13.5. The monoisotopic (exact) mass is 396 g/mol. The highest BCUT2D eigenvalue weighted by molar-refractivity contribution is 5.84. The highest BCUT2D eigenvalue weighted by atomic mass is 16.5. The molecule has 3 atom stereocenters. The molecule has 2 aliphatic rings. The maximum atomic E-state index is 12.0. The summed E-state index contributed by atoms with van der Waals surface area (Å²) in [4.78, 5) is 18.1. The van der Waals surface area contributed by atoms with E-state index in [-0.39, 0.29) is 18.6 Å². The molecule has 0 aliphatic carbocycles. The summed E-state index contributed by atoms with van der Waals surface area (Å²) in [5.74, 6) is 1.31. The number of carbonyl (C=O) groups excluding carboxylic acids is 1. The SMILES string of the molecule is CCC(CC)C1CC(NC(=NCC(=O)N(C)C)NCC2CCCCO2)CCO1. The first-order valence-electron chi connectivity index (χ1n) is 11.0. The molecule has 2 rings (SSSR count). The second-order valence-electron chi connectivity index (χ2n) is 8.17. The molecule has 0 radical (unpaired) electrons. The van der Waals surface area contributed by atoms with Crippen LogP contribution in [0.3, 0.4) is 0 Å². The zero-order valence-electron chi connectivity index (χ0n) is 18.2. The van der Waals surface area contributed by atoms with Crippen LogP contribution >= 0.6 is 0 Å². The van der Waals surface area contributed by atoms with Gasteiger partial charge in [-0.05, 0) is 38.0 Å². The van der Waals surface area contributed by atoms with E-state index in [1.165, 1.54) is 6.42 Å². The number of ether oxygens (including phenoxy) is 2. The van der Waals surface area contributed by atoms with Gasteiger partial charge in [-0.1, -0.05) is 26.7 Å². The van der Waals surface area contributed by atoms with E-state index in [0.29, 0.717) is 24.0 Å². The predicted octanol–water partition coefficient (Wildman–Crippen LogP) is 2.16. The number of hydrogen-bond donors (Lipinski definition) is 2. The molecule has 2 fully saturated rings. The number of guanidine groups is 1. The van der Waals surface area contributed by atoms with Gasteiger partial charge in [0, 0.05) is 39.9 Å². The molecule has 0 spiro atoms. The van der Waals surface area contributed by atoms with E-state index in [0.717, 1.165) is 58.3 Å². The van der Waals surface area contributed by atoms with Crippen molar-refractivity contribution in [3.8, 4) is 0 Å². The van der Waals surface area contributed by atoms with Gasteiger partial charge in [0.2, 0.25) is 5.91 Å². The summed E-state index contributed by atoms with van der Waals surface area (Å²) in [6.07, 6.45) is 8.17. The summed E-state index contributed by atoms with van der Waals surface area (Å²) < 4.78 is 11.9. The molecule has 28 heavy (non-hydrogen) atoms. The first-order valence-corrected chi connectivity index (χ1v) is 11.0. The summed E-state index contributed by atoms with van der Waals surface area (Å²) in [5.41, 5.74) is 0. The van der Waals surface area contributed by atoms with Crippen LogP contribution in [0.25, 0.3) is 0 Å². The van der Waals surface area contributed by atoms with Crippen molar-refractivity contribution in [1.29, 1.82) is 0 Å². The van der Waals surface area contributed by atoms with Crippen LogP contribution in [0.5, 0.6) is 0 Å². The minimum Gasteiger partial charge on any atom is -0.378 e. The molecule has 0 aromatic carbocycles. The second-order valence-corrected chi connectivity index (χ2v) is 8.17. The Morgan fingerprint density at radius 3 is 2.57 bits per heavy atom.